The minimum absolute atomic E-state index is 0.0201. The van der Waals surface area contributed by atoms with E-state index in [2.05, 4.69) is 40.8 Å². The van der Waals surface area contributed by atoms with E-state index in [1.165, 1.54) is 7.11 Å². The van der Waals surface area contributed by atoms with Crippen LogP contribution in [-0.4, -0.2) is 27.5 Å². The predicted molar refractivity (Wildman–Crippen MR) is 82.8 cm³/mol. The standard InChI is InChI=1S/C15H32O3Si/c1-9-10-11-13(12(2)14(16)17-6)18-19(7,8)15(3,4)5/h12-13H,9-11H2,1-8H3/t12-,13+/m0/s1. The molecule has 0 unspecified atom stereocenters. The van der Waals surface area contributed by atoms with Crippen molar-refractivity contribution >= 4 is 14.3 Å². The Bertz CT molecular complexity index is 282. The zero-order valence-corrected chi connectivity index (χ0v) is 15.0. The average molecular weight is 289 g/mol. The third kappa shape index (κ3) is 5.65. The molecule has 3 nitrogen and oxygen atoms in total. The lowest BCUT2D eigenvalue weighted by molar-refractivity contribution is -0.148. The predicted octanol–water partition coefficient (Wildman–Crippen LogP) is 4.38. The third-order valence-corrected chi connectivity index (χ3v) is 8.73. The molecule has 19 heavy (non-hydrogen) atoms. The molecule has 0 N–H and O–H groups in total. The second-order valence-corrected chi connectivity index (χ2v) is 11.6. The Kier molecular flexibility index (Phi) is 7.30. The fraction of sp³-hybridized carbons (Fsp3) is 0.933. The van der Waals surface area contributed by atoms with Gasteiger partial charge in [-0.3, -0.25) is 4.79 Å². The van der Waals surface area contributed by atoms with Gasteiger partial charge in [-0.25, -0.2) is 0 Å². The van der Waals surface area contributed by atoms with Crippen LogP contribution in [0.4, 0.5) is 0 Å². The SMILES string of the molecule is CCCC[C@@H](O[Si](C)(C)C(C)(C)C)[C@H](C)C(=O)OC. The van der Waals surface area contributed by atoms with Crippen LogP contribution < -0.4 is 0 Å². The number of carbonyl (C=O) groups is 1. The van der Waals surface area contributed by atoms with Crippen molar-refractivity contribution < 1.29 is 14.0 Å². The van der Waals surface area contributed by atoms with Crippen LogP contribution in [0.15, 0.2) is 0 Å². The Morgan fingerprint density at radius 1 is 1.26 bits per heavy atom. The maximum absolute atomic E-state index is 11.8. The molecule has 0 aromatic heterocycles. The molecule has 0 heterocycles. The molecular formula is C15H32O3Si. The van der Waals surface area contributed by atoms with E-state index in [1.807, 2.05) is 6.92 Å². The molecule has 0 aliphatic heterocycles. The van der Waals surface area contributed by atoms with Crippen molar-refractivity contribution in [3.8, 4) is 0 Å². The summed E-state index contributed by atoms with van der Waals surface area (Å²) < 4.78 is 11.3. The number of esters is 1. The second kappa shape index (κ2) is 7.43. The number of methoxy groups -OCH3 is 1. The van der Waals surface area contributed by atoms with Gasteiger partial charge < -0.3 is 9.16 Å². The Balaban J connectivity index is 4.91. The Morgan fingerprint density at radius 3 is 2.16 bits per heavy atom. The lowest BCUT2D eigenvalue weighted by atomic mass is 10.00. The highest BCUT2D eigenvalue weighted by molar-refractivity contribution is 6.74. The monoisotopic (exact) mass is 288 g/mol. The van der Waals surface area contributed by atoms with Crippen molar-refractivity contribution in [3.05, 3.63) is 0 Å². The summed E-state index contributed by atoms with van der Waals surface area (Å²) in [5, 5.41) is 0.160. The Hall–Kier alpha value is -0.353. The summed E-state index contributed by atoms with van der Waals surface area (Å²) in [5.74, 6) is -0.356. The Labute approximate surface area is 120 Å². The Morgan fingerprint density at radius 2 is 1.79 bits per heavy atom. The van der Waals surface area contributed by atoms with Crippen molar-refractivity contribution in [2.45, 2.75) is 78.1 Å². The van der Waals surface area contributed by atoms with Gasteiger partial charge in [0.2, 0.25) is 0 Å². The van der Waals surface area contributed by atoms with E-state index in [-0.39, 0.29) is 23.0 Å². The van der Waals surface area contributed by atoms with E-state index in [0.29, 0.717) is 0 Å². The molecule has 2 atom stereocenters. The molecule has 0 spiro atoms. The van der Waals surface area contributed by atoms with Gasteiger partial charge in [-0.05, 0) is 31.5 Å². The van der Waals surface area contributed by atoms with Gasteiger partial charge in [0.1, 0.15) is 0 Å². The van der Waals surface area contributed by atoms with Crippen molar-refractivity contribution in [1.29, 1.82) is 0 Å². The molecule has 0 saturated heterocycles. The van der Waals surface area contributed by atoms with Gasteiger partial charge in [-0.2, -0.15) is 0 Å². The van der Waals surface area contributed by atoms with E-state index in [0.717, 1.165) is 19.3 Å². The van der Waals surface area contributed by atoms with E-state index < -0.39 is 8.32 Å². The first-order chi connectivity index (χ1) is 8.56. The first-order valence-corrected chi connectivity index (χ1v) is 10.2. The largest absolute Gasteiger partial charge is 0.469 e. The van der Waals surface area contributed by atoms with Crippen LogP contribution in [0.25, 0.3) is 0 Å². The van der Waals surface area contributed by atoms with Crippen LogP contribution in [0.3, 0.4) is 0 Å². The fourth-order valence-corrected chi connectivity index (χ4v) is 3.14. The van der Waals surface area contributed by atoms with Crippen LogP contribution in [0, 0.1) is 5.92 Å². The minimum Gasteiger partial charge on any atom is -0.469 e. The molecule has 0 aromatic rings. The molecule has 0 radical (unpaired) electrons. The van der Waals surface area contributed by atoms with Crippen LogP contribution in [0.5, 0.6) is 0 Å². The quantitative estimate of drug-likeness (QED) is 0.515. The highest BCUT2D eigenvalue weighted by Crippen LogP contribution is 2.38. The summed E-state index contributed by atoms with van der Waals surface area (Å²) in [7, 11) is -0.401. The lowest BCUT2D eigenvalue weighted by Gasteiger charge is -2.40. The van der Waals surface area contributed by atoms with Gasteiger partial charge in [0.25, 0.3) is 0 Å². The van der Waals surface area contributed by atoms with E-state index >= 15 is 0 Å². The average Bonchev–Trinajstić information content (AvgIpc) is 2.30. The highest BCUT2D eigenvalue weighted by Gasteiger charge is 2.41. The third-order valence-electron chi connectivity index (χ3n) is 4.23. The van der Waals surface area contributed by atoms with Crippen molar-refractivity contribution in [2.24, 2.45) is 5.92 Å². The highest BCUT2D eigenvalue weighted by atomic mass is 28.4. The van der Waals surface area contributed by atoms with Gasteiger partial charge in [-0.15, -0.1) is 0 Å². The van der Waals surface area contributed by atoms with Gasteiger partial charge in [-0.1, -0.05) is 40.5 Å². The number of hydrogen-bond donors (Lipinski definition) is 0. The second-order valence-electron chi connectivity index (χ2n) is 6.87. The van der Waals surface area contributed by atoms with E-state index in [1.54, 1.807) is 0 Å². The summed E-state index contributed by atoms with van der Waals surface area (Å²) in [6.07, 6.45) is 3.11. The van der Waals surface area contributed by atoms with Gasteiger partial charge >= 0.3 is 5.97 Å². The number of ether oxygens (including phenoxy) is 1. The first-order valence-electron chi connectivity index (χ1n) is 7.32. The van der Waals surface area contributed by atoms with Crippen molar-refractivity contribution in [1.82, 2.24) is 0 Å². The lowest BCUT2D eigenvalue weighted by Crippen LogP contribution is -2.46. The van der Waals surface area contributed by atoms with Gasteiger partial charge in [0.15, 0.2) is 8.32 Å². The number of unbranched alkanes of at least 4 members (excludes halogenated alkanes) is 1. The molecule has 0 rings (SSSR count). The summed E-state index contributed by atoms with van der Waals surface area (Å²) in [6.45, 7) is 15.2. The maximum atomic E-state index is 11.8. The smallest absolute Gasteiger partial charge is 0.310 e. The van der Waals surface area contributed by atoms with Crippen molar-refractivity contribution in [2.75, 3.05) is 7.11 Å². The fourth-order valence-electron chi connectivity index (χ4n) is 1.71. The molecule has 0 aromatic carbocycles. The van der Waals surface area contributed by atoms with Crippen LogP contribution in [0.1, 0.15) is 53.9 Å². The van der Waals surface area contributed by atoms with Crippen molar-refractivity contribution in [3.63, 3.8) is 0 Å². The van der Waals surface area contributed by atoms with E-state index in [4.69, 9.17) is 9.16 Å². The first kappa shape index (κ1) is 18.6. The normalized spacial score (nSPS) is 16.0. The number of hydrogen-bond acceptors (Lipinski definition) is 3. The van der Waals surface area contributed by atoms with Crippen LogP contribution >= 0.6 is 0 Å². The zero-order valence-electron chi connectivity index (χ0n) is 14.0. The minimum atomic E-state index is -1.85. The molecule has 0 saturated carbocycles. The summed E-state index contributed by atoms with van der Waals surface area (Å²) in [5.41, 5.74) is 0. The number of rotatable bonds is 7. The molecule has 0 amide bonds. The zero-order chi connectivity index (χ0) is 15.3. The van der Waals surface area contributed by atoms with E-state index in [9.17, 15) is 4.79 Å². The summed E-state index contributed by atoms with van der Waals surface area (Å²) in [4.78, 5) is 11.8. The molecule has 0 fully saturated rings. The number of carbonyl (C=O) groups excluding carboxylic acids is 1. The molecule has 114 valence electrons. The molecular weight excluding hydrogens is 256 g/mol. The molecule has 0 bridgehead atoms. The van der Waals surface area contributed by atoms with Crippen LogP contribution in [-0.2, 0) is 14.0 Å². The van der Waals surface area contributed by atoms with Gasteiger partial charge in [0, 0.05) is 0 Å². The summed E-state index contributed by atoms with van der Waals surface area (Å²) in [6, 6.07) is 0. The molecule has 0 aliphatic carbocycles. The maximum Gasteiger partial charge on any atom is 0.310 e. The van der Waals surface area contributed by atoms with Gasteiger partial charge in [0.05, 0.1) is 19.1 Å². The topological polar surface area (TPSA) is 35.5 Å². The summed E-state index contributed by atoms with van der Waals surface area (Å²) >= 11 is 0. The molecule has 4 heteroatoms. The molecule has 0 aliphatic rings. The van der Waals surface area contributed by atoms with Crippen LogP contribution in [0.2, 0.25) is 18.1 Å².